The number of nitro benzene ring substituents is 1. The lowest BCUT2D eigenvalue weighted by atomic mass is 9.85. The van der Waals surface area contributed by atoms with E-state index in [4.69, 9.17) is 10.9 Å². The number of rotatable bonds is 6. The number of non-ortho nitro benzene ring substituents is 1. The van der Waals surface area contributed by atoms with Gasteiger partial charge in [-0.25, -0.2) is 0 Å². The molecule has 0 aromatic heterocycles. The Bertz CT molecular complexity index is 555. The van der Waals surface area contributed by atoms with E-state index in [1.54, 1.807) is 6.07 Å². The van der Waals surface area contributed by atoms with Crippen molar-refractivity contribution in [3.63, 3.8) is 0 Å². The zero-order valence-electron chi connectivity index (χ0n) is 12.0. The summed E-state index contributed by atoms with van der Waals surface area (Å²) in [4.78, 5) is 12.5. The van der Waals surface area contributed by atoms with Gasteiger partial charge in [-0.2, -0.15) is 0 Å². The summed E-state index contributed by atoms with van der Waals surface area (Å²) in [7, 11) is 0. The molecule has 0 amide bonds. The molecule has 1 aliphatic rings. The number of nitrogens with zero attached hydrogens (tertiary/aromatic N) is 3. The quantitative estimate of drug-likeness (QED) is 0.275. The summed E-state index contributed by atoms with van der Waals surface area (Å²) in [6, 6.07) is 4.48. The third-order valence-corrected chi connectivity index (χ3v) is 4.00. The van der Waals surface area contributed by atoms with Gasteiger partial charge in [-0.3, -0.25) is 10.1 Å². The van der Waals surface area contributed by atoms with Crippen LogP contribution in [-0.4, -0.2) is 29.1 Å². The molecule has 1 aromatic carbocycles. The van der Waals surface area contributed by atoms with Gasteiger partial charge in [-0.1, -0.05) is 11.6 Å². The standard InChI is InChI=1S/C14H20N4O3/c1-2-17(9-10-4-3-5-10)13-7-6-11(18(20)21)8-12(13)14(15)16-19/h6-8,10,19H,2-5,9H2,1H3,(H2,15,16). The number of hydrogen-bond donors (Lipinski definition) is 2. The van der Waals surface area contributed by atoms with Gasteiger partial charge in [0.25, 0.3) is 5.69 Å². The van der Waals surface area contributed by atoms with Gasteiger partial charge >= 0.3 is 0 Å². The van der Waals surface area contributed by atoms with Crippen molar-refractivity contribution in [1.29, 1.82) is 0 Å². The summed E-state index contributed by atoms with van der Waals surface area (Å²) in [5, 5.41) is 22.8. The van der Waals surface area contributed by atoms with Crippen LogP contribution in [0.3, 0.4) is 0 Å². The van der Waals surface area contributed by atoms with E-state index in [2.05, 4.69) is 10.1 Å². The molecule has 0 unspecified atom stereocenters. The molecule has 1 aliphatic carbocycles. The van der Waals surface area contributed by atoms with Crippen LogP contribution in [0.25, 0.3) is 0 Å². The fourth-order valence-corrected chi connectivity index (χ4v) is 2.56. The summed E-state index contributed by atoms with van der Waals surface area (Å²) in [6.45, 7) is 3.68. The van der Waals surface area contributed by atoms with Crippen molar-refractivity contribution in [2.45, 2.75) is 26.2 Å². The van der Waals surface area contributed by atoms with Crippen LogP contribution in [0.15, 0.2) is 23.4 Å². The Morgan fingerprint density at radius 3 is 2.76 bits per heavy atom. The molecular weight excluding hydrogens is 272 g/mol. The number of amidine groups is 1. The zero-order chi connectivity index (χ0) is 15.4. The normalized spacial score (nSPS) is 15.6. The van der Waals surface area contributed by atoms with Crippen LogP contribution < -0.4 is 10.6 Å². The van der Waals surface area contributed by atoms with Gasteiger partial charge in [-0.15, -0.1) is 0 Å². The van der Waals surface area contributed by atoms with Gasteiger partial charge in [0.1, 0.15) is 0 Å². The number of nitro groups is 1. The smallest absolute Gasteiger partial charge is 0.270 e. The number of nitrogens with two attached hydrogens (primary N) is 1. The average molecular weight is 292 g/mol. The molecule has 7 nitrogen and oxygen atoms in total. The molecule has 2 rings (SSSR count). The summed E-state index contributed by atoms with van der Waals surface area (Å²) in [6.07, 6.45) is 3.68. The minimum Gasteiger partial charge on any atom is -0.409 e. The maximum atomic E-state index is 10.9. The summed E-state index contributed by atoms with van der Waals surface area (Å²) < 4.78 is 0. The fourth-order valence-electron chi connectivity index (χ4n) is 2.56. The van der Waals surface area contributed by atoms with E-state index in [0.717, 1.165) is 18.8 Å². The highest BCUT2D eigenvalue weighted by atomic mass is 16.6. The molecule has 0 radical (unpaired) electrons. The lowest BCUT2D eigenvalue weighted by Gasteiger charge is -2.34. The summed E-state index contributed by atoms with van der Waals surface area (Å²) in [5.74, 6) is 0.543. The Hall–Kier alpha value is -2.31. The predicted octanol–water partition coefficient (Wildman–Crippen LogP) is 2.32. The lowest BCUT2D eigenvalue weighted by molar-refractivity contribution is -0.384. The highest BCUT2D eigenvalue weighted by molar-refractivity contribution is 6.02. The second-order valence-electron chi connectivity index (χ2n) is 5.28. The molecule has 21 heavy (non-hydrogen) atoms. The van der Waals surface area contributed by atoms with E-state index in [1.807, 2.05) is 6.92 Å². The Labute approximate surface area is 123 Å². The molecular formula is C14H20N4O3. The van der Waals surface area contributed by atoms with Crippen LogP contribution in [-0.2, 0) is 0 Å². The van der Waals surface area contributed by atoms with E-state index in [1.165, 1.54) is 31.4 Å². The van der Waals surface area contributed by atoms with Crippen LogP contribution in [0.1, 0.15) is 31.7 Å². The van der Waals surface area contributed by atoms with E-state index in [-0.39, 0.29) is 11.5 Å². The molecule has 1 fully saturated rings. The number of hydrogen-bond acceptors (Lipinski definition) is 5. The Morgan fingerprint density at radius 2 is 2.29 bits per heavy atom. The van der Waals surface area contributed by atoms with E-state index < -0.39 is 4.92 Å². The molecule has 7 heteroatoms. The molecule has 0 bridgehead atoms. The Kier molecular flexibility index (Phi) is 4.62. The molecule has 3 N–H and O–H groups in total. The molecule has 0 spiro atoms. The fraction of sp³-hybridized carbons (Fsp3) is 0.500. The van der Waals surface area contributed by atoms with Crippen LogP contribution >= 0.6 is 0 Å². The van der Waals surface area contributed by atoms with Crippen LogP contribution in [0.2, 0.25) is 0 Å². The number of oxime groups is 1. The first-order valence-electron chi connectivity index (χ1n) is 7.08. The van der Waals surface area contributed by atoms with E-state index in [9.17, 15) is 10.1 Å². The second-order valence-corrected chi connectivity index (χ2v) is 5.28. The van der Waals surface area contributed by atoms with Crippen molar-refractivity contribution in [2.24, 2.45) is 16.8 Å². The summed E-state index contributed by atoms with van der Waals surface area (Å²) >= 11 is 0. The van der Waals surface area contributed by atoms with Gasteiger partial charge in [0.15, 0.2) is 5.84 Å². The molecule has 1 saturated carbocycles. The topological polar surface area (TPSA) is 105 Å². The highest BCUT2D eigenvalue weighted by Gasteiger charge is 2.23. The molecule has 1 aromatic rings. The molecule has 0 atom stereocenters. The van der Waals surface area contributed by atoms with Gasteiger partial charge in [-0.05, 0) is 31.7 Å². The predicted molar refractivity (Wildman–Crippen MR) is 80.8 cm³/mol. The molecule has 114 valence electrons. The molecule has 0 saturated heterocycles. The third kappa shape index (κ3) is 3.24. The van der Waals surface area contributed by atoms with Crippen molar-refractivity contribution in [3.05, 3.63) is 33.9 Å². The Morgan fingerprint density at radius 1 is 1.57 bits per heavy atom. The maximum Gasteiger partial charge on any atom is 0.270 e. The minimum atomic E-state index is -0.486. The van der Waals surface area contributed by atoms with Gasteiger partial charge < -0.3 is 15.8 Å². The molecule has 0 aliphatic heterocycles. The third-order valence-electron chi connectivity index (χ3n) is 4.00. The van der Waals surface area contributed by atoms with Crippen molar-refractivity contribution in [3.8, 4) is 0 Å². The average Bonchev–Trinajstić information content (AvgIpc) is 2.45. The zero-order valence-corrected chi connectivity index (χ0v) is 12.0. The van der Waals surface area contributed by atoms with Crippen molar-refractivity contribution < 1.29 is 10.1 Å². The lowest BCUT2D eigenvalue weighted by Crippen LogP contribution is -2.34. The Balaban J connectivity index is 2.37. The SMILES string of the molecule is CCN(CC1CCC1)c1ccc([N+](=O)[O-])cc1/C(N)=N/O. The first-order chi connectivity index (χ1) is 10.1. The van der Waals surface area contributed by atoms with Crippen LogP contribution in [0.5, 0.6) is 0 Å². The van der Waals surface area contributed by atoms with Gasteiger partial charge in [0.2, 0.25) is 0 Å². The largest absolute Gasteiger partial charge is 0.409 e. The van der Waals surface area contributed by atoms with Crippen molar-refractivity contribution >= 4 is 17.2 Å². The highest BCUT2D eigenvalue weighted by Crippen LogP contribution is 2.31. The first kappa shape index (κ1) is 15.1. The van der Waals surface area contributed by atoms with Crippen molar-refractivity contribution in [2.75, 3.05) is 18.0 Å². The number of anilines is 1. The van der Waals surface area contributed by atoms with Gasteiger partial charge in [0, 0.05) is 30.9 Å². The molecule has 0 heterocycles. The number of benzene rings is 1. The van der Waals surface area contributed by atoms with Gasteiger partial charge in [0.05, 0.1) is 10.5 Å². The van der Waals surface area contributed by atoms with Crippen LogP contribution in [0, 0.1) is 16.0 Å². The van der Waals surface area contributed by atoms with E-state index >= 15 is 0 Å². The monoisotopic (exact) mass is 292 g/mol. The summed E-state index contributed by atoms with van der Waals surface area (Å²) in [5.41, 5.74) is 6.78. The van der Waals surface area contributed by atoms with E-state index in [0.29, 0.717) is 11.5 Å². The minimum absolute atomic E-state index is 0.0694. The maximum absolute atomic E-state index is 10.9. The first-order valence-corrected chi connectivity index (χ1v) is 7.08. The second kappa shape index (κ2) is 6.43. The van der Waals surface area contributed by atoms with Crippen molar-refractivity contribution in [1.82, 2.24) is 0 Å². The van der Waals surface area contributed by atoms with Crippen LogP contribution in [0.4, 0.5) is 11.4 Å².